The fourth-order valence-corrected chi connectivity index (χ4v) is 3.31. The Bertz CT molecular complexity index is 599. The number of ether oxygens (including phenoxy) is 1. The van der Waals surface area contributed by atoms with Crippen LogP contribution in [0.15, 0.2) is 0 Å². The highest BCUT2D eigenvalue weighted by molar-refractivity contribution is 5.80. The van der Waals surface area contributed by atoms with Crippen LogP contribution in [0.1, 0.15) is 43.6 Å². The monoisotopic (exact) mass is 335 g/mol. The zero-order chi connectivity index (χ0) is 17.9. The van der Waals surface area contributed by atoms with Gasteiger partial charge in [-0.05, 0) is 32.6 Å². The van der Waals surface area contributed by atoms with Gasteiger partial charge in [-0.1, -0.05) is 13.8 Å². The molecular formula is C18H29N3O3. The molecule has 2 heterocycles. The average molecular weight is 335 g/mol. The Morgan fingerprint density at radius 3 is 2.42 bits per heavy atom. The molecule has 0 saturated carbocycles. The number of likely N-dealkylation sites (tertiary alicyclic amines) is 1. The molecule has 0 bridgehead atoms. The van der Waals surface area contributed by atoms with E-state index in [1.807, 2.05) is 23.4 Å². The minimum Gasteiger partial charge on any atom is -0.469 e. The summed E-state index contributed by atoms with van der Waals surface area (Å²) in [5.74, 6) is 0.401. The topological polar surface area (TPSA) is 64.4 Å². The summed E-state index contributed by atoms with van der Waals surface area (Å²) in [6.45, 7) is 10.4. The van der Waals surface area contributed by atoms with E-state index in [2.05, 4.69) is 18.9 Å². The number of hydrogen-bond acceptors (Lipinski definition) is 4. The van der Waals surface area contributed by atoms with Crippen molar-refractivity contribution < 1.29 is 14.3 Å². The Kier molecular flexibility index (Phi) is 6.02. The maximum absolute atomic E-state index is 12.6. The summed E-state index contributed by atoms with van der Waals surface area (Å²) in [5.41, 5.74) is 3.06. The van der Waals surface area contributed by atoms with E-state index in [4.69, 9.17) is 4.74 Å². The van der Waals surface area contributed by atoms with Gasteiger partial charge in [0.15, 0.2) is 0 Å². The first-order valence-corrected chi connectivity index (χ1v) is 8.72. The number of piperidine rings is 1. The van der Waals surface area contributed by atoms with Crippen molar-refractivity contribution in [1.82, 2.24) is 14.7 Å². The number of rotatable bonds is 5. The maximum atomic E-state index is 12.6. The summed E-state index contributed by atoms with van der Waals surface area (Å²) in [5, 5.41) is 4.58. The molecule has 0 aromatic carbocycles. The predicted molar refractivity (Wildman–Crippen MR) is 91.6 cm³/mol. The van der Waals surface area contributed by atoms with Crippen molar-refractivity contribution in [2.45, 2.75) is 53.5 Å². The summed E-state index contributed by atoms with van der Waals surface area (Å²) in [6, 6.07) is 0. The van der Waals surface area contributed by atoms with E-state index in [1.54, 1.807) is 0 Å². The van der Waals surface area contributed by atoms with Crippen LogP contribution >= 0.6 is 0 Å². The summed E-state index contributed by atoms with van der Waals surface area (Å²) >= 11 is 0. The number of nitrogens with zero attached hydrogens (tertiary/aromatic N) is 3. The van der Waals surface area contributed by atoms with Gasteiger partial charge in [0.2, 0.25) is 5.91 Å². The molecule has 24 heavy (non-hydrogen) atoms. The standard InChI is InChI=1S/C18H29N3O3/c1-12(2)11-21-14(4)16(13(3)19-21)10-17(22)20-8-6-15(7-9-20)18(23)24-5/h12,15H,6-11H2,1-5H3. The van der Waals surface area contributed by atoms with Crippen molar-refractivity contribution in [1.29, 1.82) is 0 Å². The quantitative estimate of drug-likeness (QED) is 0.773. The third-order valence-corrected chi connectivity index (χ3v) is 4.78. The lowest BCUT2D eigenvalue weighted by Crippen LogP contribution is -2.41. The number of aromatic nitrogens is 2. The second-order valence-corrected chi connectivity index (χ2v) is 7.08. The summed E-state index contributed by atoms with van der Waals surface area (Å²) in [6.07, 6.45) is 1.75. The zero-order valence-electron chi connectivity index (χ0n) is 15.5. The number of carbonyl (C=O) groups is 2. The van der Waals surface area contributed by atoms with Gasteiger partial charge in [0.1, 0.15) is 0 Å². The third-order valence-electron chi connectivity index (χ3n) is 4.78. The molecule has 0 radical (unpaired) electrons. The van der Waals surface area contributed by atoms with Crippen LogP contribution in [-0.4, -0.2) is 46.8 Å². The van der Waals surface area contributed by atoms with E-state index in [9.17, 15) is 9.59 Å². The Labute approximate surface area is 144 Å². The van der Waals surface area contributed by atoms with Gasteiger partial charge >= 0.3 is 5.97 Å². The Morgan fingerprint density at radius 2 is 1.88 bits per heavy atom. The van der Waals surface area contributed by atoms with E-state index in [-0.39, 0.29) is 17.8 Å². The lowest BCUT2D eigenvalue weighted by molar-refractivity contribution is -0.148. The Hall–Kier alpha value is -1.85. The minimum absolute atomic E-state index is 0.0729. The van der Waals surface area contributed by atoms with Gasteiger partial charge in [-0.2, -0.15) is 5.10 Å². The highest BCUT2D eigenvalue weighted by Gasteiger charge is 2.28. The first kappa shape index (κ1) is 18.5. The van der Waals surface area contributed by atoms with Crippen molar-refractivity contribution in [2.24, 2.45) is 11.8 Å². The first-order valence-electron chi connectivity index (χ1n) is 8.72. The summed E-state index contributed by atoms with van der Waals surface area (Å²) in [7, 11) is 1.42. The fraction of sp³-hybridized carbons (Fsp3) is 0.722. The molecular weight excluding hydrogens is 306 g/mol. The lowest BCUT2D eigenvalue weighted by Gasteiger charge is -2.30. The maximum Gasteiger partial charge on any atom is 0.308 e. The number of hydrogen-bond donors (Lipinski definition) is 0. The predicted octanol–water partition coefficient (Wildman–Crippen LogP) is 2.11. The molecule has 134 valence electrons. The van der Waals surface area contributed by atoms with Crippen molar-refractivity contribution >= 4 is 11.9 Å². The molecule has 6 heteroatoms. The molecule has 1 aliphatic rings. The average Bonchev–Trinajstić information content (AvgIpc) is 2.81. The second kappa shape index (κ2) is 7.81. The zero-order valence-corrected chi connectivity index (χ0v) is 15.5. The number of carbonyl (C=O) groups excluding carboxylic acids is 2. The minimum atomic E-state index is -0.163. The van der Waals surface area contributed by atoms with Gasteiger partial charge in [-0.3, -0.25) is 14.3 Å². The van der Waals surface area contributed by atoms with Crippen LogP contribution in [0.2, 0.25) is 0 Å². The normalized spacial score (nSPS) is 15.8. The number of aryl methyl sites for hydroxylation is 1. The van der Waals surface area contributed by atoms with Crippen LogP contribution in [0.3, 0.4) is 0 Å². The smallest absolute Gasteiger partial charge is 0.308 e. The SMILES string of the molecule is COC(=O)C1CCN(C(=O)Cc2c(C)nn(CC(C)C)c2C)CC1. The van der Waals surface area contributed by atoms with Crippen molar-refractivity contribution in [2.75, 3.05) is 20.2 Å². The van der Waals surface area contributed by atoms with Crippen LogP contribution < -0.4 is 0 Å². The number of amides is 1. The molecule has 0 aliphatic carbocycles. The van der Waals surface area contributed by atoms with Crippen LogP contribution in [0.4, 0.5) is 0 Å². The van der Waals surface area contributed by atoms with E-state index in [0.717, 1.165) is 23.5 Å². The van der Waals surface area contributed by atoms with E-state index in [1.165, 1.54) is 7.11 Å². The molecule has 0 N–H and O–H groups in total. The lowest BCUT2D eigenvalue weighted by atomic mass is 9.96. The first-order chi connectivity index (χ1) is 11.3. The second-order valence-electron chi connectivity index (χ2n) is 7.08. The van der Waals surface area contributed by atoms with E-state index >= 15 is 0 Å². The largest absolute Gasteiger partial charge is 0.469 e. The third kappa shape index (κ3) is 4.16. The van der Waals surface area contributed by atoms with Crippen LogP contribution in [-0.2, 0) is 27.3 Å². The molecule has 1 amide bonds. The molecule has 0 spiro atoms. The Balaban J connectivity index is 1.98. The molecule has 1 saturated heterocycles. The Morgan fingerprint density at radius 1 is 1.25 bits per heavy atom. The van der Waals surface area contributed by atoms with Crippen LogP contribution in [0.25, 0.3) is 0 Å². The van der Waals surface area contributed by atoms with Gasteiger partial charge in [-0.25, -0.2) is 0 Å². The van der Waals surface area contributed by atoms with Gasteiger partial charge in [0, 0.05) is 30.9 Å². The van der Waals surface area contributed by atoms with Gasteiger partial charge in [0.25, 0.3) is 0 Å². The van der Waals surface area contributed by atoms with Gasteiger partial charge < -0.3 is 9.64 Å². The highest BCUT2D eigenvalue weighted by atomic mass is 16.5. The van der Waals surface area contributed by atoms with E-state index in [0.29, 0.717) is 38.3 Å². The van der Waals surface area contributed by atoms with Crippen LogP contribution in [0.5, 0.6) is 0 Å². The summed E-state index contributed by atoms with van der Waals surface area (Å²) in [4.78, 5) is 26.1. The van der Waals surface area contributed by atoms with E-state index < -0.39 is 0 Å². The molecule has 6 nitrogen and oxygen atoms in total. The van der Waals surface area contributed by atoms with Crippen molar-refractivity contribution in [3.05, 3.63) is 17.0 Å². The molecule has 1 fully saturated rings. The van der Waals surface area contributed by atoms with Gasteiger partial charge in [-0.15, -0.1) is 0 Å². The number of methoxy groups -OCH3 is 1. The fourth-order valence-electron chi connectivity index (χ4n) is 3.31. The van der Waals surface area contributed by atoms with Crippen molar-refractivity contribution in [3.63, 3.8) is 0 Å². The molecule has 2 rings (SSSR count). The molecule has 1 aromatic rings. The molecule has 0 atom stereocenters. The van der Waals surface area contributed by atoms with Crippen molar-refractivity contribution in [3.8, 4) is 0 Å². The van der Waals surface area contributed by atoms with Crippen LogP contribution in [0, 0.1) is 25.7 Å². The number of esters is 1. The van der Waals surface area contributed by atoms with Gasteiger partial charge in [0.05, 0.1) is 25.1 Å². The molecule has 0 unspecified atom stereocenters. The highest BCUT2D eigenvalue weighted by Crippen LogP contribution is 2.21. The molecule has 1 aliphatic heterocycles. The summed E-state index contributed by atoms with van der Waals surface area (Å²) < 4.78 is 6.80. The molecule has 1 aromatic heterocycles.